The van der Waals surface area contributed by atoms with Gasteiger partial charge in [-0.3, -0.25) is 28.3 Å². The van der Waals surface area contributed by atoms with Crippen molar-refractivity contribution in [3.05, 3.63) is 70.8 Å². The predicted molar refractivity (Wildman–Crippen MR) is 150 cm³/mol. The molecule has 0 aliphatic carbocycles. The average molecular weight is 700 g/mol. The zero-order valence-electron chi connectivity index (χ0n) is 23.4. The first-order valence-corrected chi connectivity index (χ1v) is 16.1. The van der Waals surface area contributed by atoms with E-state index in [0.717, 1.165) is 24.3 Å². The molecule has 2 aromatic rings. The number of amides is 3. The Kier molecular flexibility index (Phi) is 12.4. The van der Waals surface area contributed by atoms with Crippen LogP contribution in [0.1, 0.15) is 35.1 Å². The summed E-state index contributed by atoms with van der Waals surface area (Å²) in [4.78, 5) is 84.6. The number of carboxylic acids is 1. The molecule has 11 N–H and O–H groups in total. The quantitative estimate of drug-likeness (QED) is 0.0859. The summed E-state index contributed by atoms with van der Waals surface area (Å²) in [5.41, 5.74) is 0.119. The van der Waals surface area contributed by atoms with E-state index in [9.17, 15) is 45.9 Å². The van der Waals surface area contributed by atoms with Crippen LogP contribution < -0.4 is 22.1 Å². The molecule has 0 aromatic heterocycles. The zero-order valence-corrected chi connectivity index (χ0v) is 25.2. The van der Waals surface area contributed by atoms with Crippen molar-refractivity contribution < 1.29 is 70.6 Å². The molecule has 46 heavy (non-hydrogen) atoms. The molecule has 0 spiro atoms. The Morgan fingerprint density at radius 2 is 1.09 bits per heavy atom. The third-order valence-corrected chi connectivity index (χ3v) is 8.49. The first kappa shape index (κ1) is 38.5. The SMILES string of the molecule is NC(=O)[C@H](Cc1ccc(C(F)(F)P(=O)(O)O)cc1)NC(=O)[C@H](Cc1ccc(C(F)(F)P(=O)(O)O)cc1)NC(=O)[C@@H](N)CCC(=O)O. The number of carboxylic acid groups (broad SMARTS) is 1. The molecule has 3 atom stereocenters. The van der Waals surface area contributed by atoms with Gasteiger partial charge in [-0.25, -0.2) is 0 Å². The number of carbonyl (C=O) groups is 4. The van der Waals surface area contributed by atoms with Crippen LogP contribution in [0.25, 0.3) is 0 Å². The maximum atomic E-state index is 14.1. The number of carbonyl (C=O) groups excluding carboxylic acids is 3. The standard InChI is InChI=1S/C25H30F4N4O11P2/c26-24(27,45(39,40)41)15-5-1-13(2-6-15)11-18(21(31)36)32-23(38)19(33-22(37)17(30)9-10-20(34)35)12-14-3-7-16(8-4-14)25(28,29)46(42,43)44/h1-8,17-19H,9-12,30H2,(H2,31,36)(H,32,38)(H,33,37)(H,34,35)(H2,39,40,41)(H2,42,43,44)/t17-,18-,19-/m0/s1. The summed E-state index contributed by atoms with van der Waals surface area (Å²) in [6, 6.07) is 2.11. The van der Waals surface area contributed by atoms with E-state index in [1.165, 1.54) is 0 Å². The van der Waals surface area contributed by atoms with Crippen LogP contribution in [0.5, 0.6) is 0 Å². The van der Waals surface area contributed by atoms with E-state index < -0.39 is 98.7 Å². The Morgan fingerprint density at radius 1 is 0.717 bits per heavy atom. The minimum atomic E-state index is -5.89. The van der Waals surface area contributed by atoms with E-state index in [1.54, 1.807) is 0 Å². The highest BCUT2D eigenvalue weighted by Gasteiger charge is 2.51. The van der Waals surface area contributed by atoms with Gasteiger partial charge in [0.1, 0.15) is 12.1 Å². The van der Waals surface area contributed by atoms with E-state index in [1.807, 2.05) is 0 Å². The minimum Gasteiger partial charge on any atom is -0.481 e. The van der Waals surface area contributed by atoms with E-state index >= 15 is 0 Å². The summed E-state index contributed by atoms with van der Waals surface area (Å²) in [7, 11) is -11.8. The summed E-state index contributed by atoms with van der Waals surface area (Å²) < 4.78 is 78.3. The van der Waals surface area contributed by atoms with Crippen LogP contribution >= 0.6 is 15.2 Å². The van der Waals surface area contributed by atoms with Crippen LogP contribution in [0.3, 0.4) is 0 Å². The number of aliphatic carboxylic acids is 1. The Balaban J connectivity index is 2.32. The van der Waals surface area contributed by atoms with E-state index in [-0.39, 0.29) is 17.5 Å². The largest absolute Gasteiger partial charge is 0.481 e. The van der Waals surface area contributed by atoms with Gasteiger partial charge in [-0.1, -0.05) is 48.5 Å². The molecule has 0 saturated carbocycles. The second-order valence-electron chi connectivity index (χ2n) is 10.0. The Hall–Kier alpha value is -3.70. The third-order valence-electron chi connectivity index (χ3n) is 6.51. The van der Waals surface area contributed by atoms with Crippen LogP contribution in [0.4, 0.5) is 17.6 Å². The fourth-order valence-electron chi connectivity index (χ4n) is 3.88. The summed E-state index contributed by atoms with van der Waals surface area (Å²) >= 11 is 0. The van der Waals surface area contributed by atoms with Crippen molar-refractivity contribution in [2.75, 3.05) is 0 Å². The van der Waals surface area contributed by atoms with Crippen molar-refractivity contribution in [1.82, 2.24) is 10.6 Å². The summed E-state index contributed by atoms with van der Waals surface area (Å²) in [6.45, 7) is 0. The molecule has 21 heteroatoms. The molecule has 0 fully saturated rings. The first-order chi connectivity index (χ1) is 21.0. The average Bonchev–Trinajstić information content (AvgIpc) is 2.94. The van der Waals surface area contributed by atoms with Gasteiger partial charge in [-0.2, -0.15) is 17.6 Å². The highest BCUT2D eigenvalue weighted by Crippen LogP contribution is 2.60. The van der Waals surface area contributed by atoms with Gasteiger partial charge >= 0.3 is 32.5 Å². The van der Waals surface area contributed by atoms with E-state index in [0.29, 0.717) is 24.3 Å². The van der Waals surface area contributed by atoms with Crippen molar-refractivity contribution in [1.29, 1.82) is 0 Å². The Bertz CT molecular complexity index is 1530. The van der Waals surface area contributed by atoms with Gasteiger partial charge in [0, 0.05) is 30.4 Å². The monoisotopic (exact) mass is 700 g/mol. The third kappa shape index (κ3) is 9.90. The number of alkyl halides is 4. The summed E-state index contributed by atoms with van der Waals surface area (Å²) in [5, 5.41) is 13.3. The number of primary amides is 1. The molecule has 0 saturated heterocycles. The predicted octanol–water partition coefficient (Wildman–Crippen LogP) is 0.573. The lowest BCUT2D eigenvalue weighted by Gasteiger charge is -2.24. The molecule has 254 valence electrons. The van der Waals surface area contributed by atoms with Crippen molar-refractivity contribution in [3.8, 4) is 0 Å². The summed E-state index contributed by atoms with van der Waals surface area (Å²) in [6.07, 6.45) is -1.75. The van der Waals surface area contributed by atoms with Crippen LogP contribution in [0.2, 0.25) is 0 Å². The molecule has 0 radical (unpaired) electrons. The highest BCUT2D eigenvalue weighted by atomic mass is 31.2. The van der Waals surface area contributed by atoms with Gasteiger partial charge in [0.2, 0.25) is 17.7 Å². The number of halogens is 4. The van der Waals surface area contributed by atoms with Gasteiger partial charge in [-0.15, -0.1) is 0 Å². The minimum absolute atomic E-state index is 0.0713. The Labute approximate surface area is 257 Å². The maximum Gasteiger partial charge on any atom is 0.399 e. The lowest BCUT2D eigenvalue weighted by atomic mass is 10.0. The molecular formula is C25H30F4N4O11P2. The highest BCUT2D eigenvalue weighted by molar-refractivity contribution is 7.52. The first-order valence-electron chi connectivity index (χ1n) is 12.9. The molecule has 0 aliphatic rings. The molecule has 15 nitrogen and oxygen atoms in total. The molecule has 0 aliphatic heterocycles. The van der Waals surface area contributed by atoms with Crippen molar-refractivity contribution in [2.45, 2.75) is 55.1 Å². The van der Waals surface area contributed by atoms with Crippen molar-refractivity contribution in [3.63, 3.8) is 0 Å². The normalized spacial score (nSPS) is 14.5. The number of nitrogens with one attached hydrogen (secondary N) is 2. The number of hydrogen-bond donors (Lipinski definition) is 9. The molecule has 2 rings (SSSR count). The molecule has 0 bridgehead atoms. The lowest BCUT2D eigenvalue weighted by Crippen LogP contribution is -2.56. The van der Waals surface area contributed by atoms with Gasteiger partial charge < -0.3 is 46.8 Å². The van der Waals surface area contributed by atoms with Crippen LogP contribution in [0.15, 0.2) is 48.5 Å². The fourth-order valence-corrected chi connectivity index (χ4v) is 4.85. The summed E-state index contributed by atoms with van der Waals surface area (Å²) in [5.74, 6) is -4.50. The molecular weight excluding hydrogens is 670 g/mol. The van der Waals surface area contributed by atoms with E-state index in [2.05, 4.69) is 10.6 Å². The second-order valence-corrected chi connectivity index (χ2v) is 13.3. The van der Waals surface area contributed by atoms with Crippen LogP contribution in [0, 0.1) is 0 Å². The van der Waals surface area contributed by atoms with Crippen LogP contribution in [-0.2, 0) is 52.5 Å². The van der Waals surface area contributed by atoms with E-state index in [4.69, 9.17) is 36.1 Å². The number of rotatable bonds is 16. The number of hydrogen-bond acceptors (Lipinski definition) is 7. The Morgan fingerprint density at radius 3 is 1.43 bits per heavy atom. The lowest BCUT2D eigenvalue weighted by molar-refractivity contribution is -0.137. The maximum absolute atomic E-state index is 14.1. The van der Waals surface area contributed by atoms with Gasteiger partial charge in [-0.05, 0) is 17.5 Å². The topological polar surface area (TPSA) is 280 Å². The number of benzene rings is 2. The zero-order chi connectivity index (χ0) is 35.3. The van der Waals surface area contributed by atoms with Gasteiger partial charge in [0.05, 0.1) is 6.04 Å². The van der Waals surface area contributed by atoms with Gasteiger partial charge in [0.15, 0.2) is 0 Å². The van der Waals surface area contributed by atoms with Crippen molar-refractivity contribution in [2.24, 2.45) is 11.5 Å². The van der Waals surface area contributed by atoms with Crippen molar-refractivity contribution >= 4 is 38.9 Å². The molecule has 2 aromatic carbocycles. The van der Waals surface area contributed by atoms with Crippen LogP contribution in [-0.4, -0.2) is 66.5 Å². The second kappa shape index (κ2) is 14.8. The van der Waals surface area contributed by atoms with Gasteiger partial charge in [0.25, 0.3) is 0 Å². The molecule has 3 amide bonds. The molecule has 0 unspecified atom stereocenters. The smallest absolute Gasteiger partial charge is 0.399 e. The number of nitrogens with two attached hydrogens (primary N) is 2. The molecule has 0 heterocycles. The fraction of sp³-hybridized carbons (Fsp3) is 0.360.